The van der Waals surface area contributed by atoms with E-state index >= 15 is 0 Å². The van der Waals surface area contributed by atoms with Gasteiger partial charge in [0.2, 0.25) is 5.88 Å². The third-order valence-electron chi connectivity index (χ3n) is 2.58. The molecule has 1 heterocycles. The highest BCUT2D eigenvalue weighted by molar-refractivity contribution is 5.91. The first-order valence-corrected chi connectivity index (χ1v) is 5.48. The van der Waals surface area contributed by atoms with Crippen LogP contribution in [0.15, 0.2) is 24.3 Å². The molecule has 1 aromatic heterocycles. The summed E-state index contributed by atoms with van der Waals surface area (Å²) in [6, 6.07) is 8.40. The van der Waals surface area contributed by atoms with Crippen LogP contribution in [-0.4, -0.2) is 20.9 Å². The minimum Gasteiger partial charge on any atom is -0.477 e. The largest absolute Gasteiger partial charge is 0.477 e. The van der Waals surface area contributed by atoms with Crippen molar-refractivity contribution < 1.29 is 14.6 Å². The molecule has 0 saturated heterocycles. The summed E-state index contributed by atoms with van der Waals surface area (Å²) in [6.07, 6.45) is 0. The van der Waals surface area contributed by atoms with E-state index in [2.05, 4.69) is 5.10 Å². The normalized spacial score (nSPS) is 9.95. The molecule has 0 unspecified atom stereocenters. The number of aromatic nitrogens is 2. The molecule has 0 fully saturated rings. The Balaban J connectivity index is 2.38. The second kappa shape index (κ2) is 4.82. The minimum absolute atomic E-state index is 0.0341. The van der Waals surface area contributed by atoms with E-state index in [1.165, 1.54) is 4.68 Å². The standard InChI is InChI=1S/C13H11N3O3/c1-8-11(13(17)18)12(16(2)15-8)19-10-5-3-9(7-14)4-6-10/h3-6H,1-2H3,(H,17,18). The van der Waals surface area contributed by atoms with Gasteiger partial charge in [-0.1, -0.05) is 0 Å². The van der Waals surface area contributed by atoms with Gasteiger partial charge in [0.15, 0.2) is 0 Å². The summed E-state index contributed by atoms with van der Waals surface area (Å²) in [7, 11) is 1.61. The zero-order valence-electron chi connectivity index (χ0n) is 10.4. The van der Waals surface area contributed by atoms with Crippen molar-refractivity contribution in [3.05, 3.63) is 41.1 Å². The highest BCUT2D eigenvalue weighted by Crippen LogP contribution is 2.27. The van der Waals surface area contributed by atoms with Gasteiger partial charge in [-0.05, 0) is 31.2 Å². The van der Waals surface area contributed by atoms with Crippen LogP contribution in [0.1, 0.15) is 21.6 Å². The lowest BCUT2D eigenvalue weighted by Crippen LogP contribution is -2.01. The number of ether oxygens (including phenoxy) is 1. The first kappa shape index (κ1) is 12.6. The summed E-state index contributed by atoms with van der Waals surface area (Å²) in [5.41, 5.74) is 0.928. The van der Waals surface area contributed by atoms with Gasteiger partial charge in [-0.3, -0.25) is 0 Å². The number of aryl methyl sites for hydroxylation is 2. The molecule has 1 aromatic carbocycles. The fourth-order valence-electron chi connectivity index (χ4n) is 1.71. The molecule has 6 nitrogen and oxygen atoms in total. The molecule has 0 bridgehead atoms. The van der Waals surface area contributed by atoms with Gasteiger partial charge in [-0.25, -0.2) is 9.48 Å². The fourth-order valence-corrected chi connectivity index (χ4v) is 1.71. The topological polar surface area (TPSA) is 88.1 Å². The van der Waals surface area contributed by atoms with Crippen LogP contribution in [0.2, 0.25) is 0 Å². The summed E-state index contributed by atoms with van der Waals surface area (Å²) in [5, 5.41) is 21.9. The molecule has 0 amide bonds. The van der Waals surface area contributed by atoms with E-state index in [-0.39, 0.29) is 11.4 Å². The smallest absolute Gasteiger partial charge is 0.343 e. The lowest BCUT2D eigenvalue weighted by molar-refractivity contribution is 0.0693. The van der Waals surface area contributed by atoms with E-state index in [1.807, 2.05) is 6.07 Å². The van der Waals surface area contributed by atoms with Crippen LogP contribution in [0, 0.1) is 18.3 Å². The van der Waals surface area contributed by atoms with E-state index in [0.717, 1.165) is 0 Å². The van der Waals surface area contributed by atoms with Gasteiger partial charge in [-0.2, -0.15) is 10.4 Å². The summed E-state index contributed by atoms with van der Waals surface area (Å²) in [5.74, 6) is -0.478. The van der Waals surface area contributed by atoms with Crippen molar-refractivity contribution in [2.45, 2.75) is 6.92 Å². The summed E-state index contributed by atoms with van der Waals surface area (Å²) in [6.45, 7) is 1.61. The van der Waals surface area contributed by atoms with E-state index in [9.17, 15) is 4.79 Å². The highest BCUT2D eigenvalue weighted by atomic mass is 16.5. The molecule has 96 valence electrons. The molecular weight excluding hydrogens is 246 g/mol. The number of aromatic carboxylic acids is 1. The van der Waals surface area contributed by atoms with E-state index in [1.54, 1.807) is 38.2 Å². The fraction of sp³-hybridized carbons (Fsp3) is 0.154. The van der Waals surface area contributed by atoms with Gasteiger partial charge in [0.05, 0.1) is 17.3 Å². The molecule has 0 aliphatic carbocycles. The summed E-state index contributed by atoms with van der Waals surface area (Å²) >= 11 is 0. The number of carbonyl (C=O) groups is 1. The third-order valence-corrected chi connectivity index (χ3v) is 2.58. The predicted octanol–water partition coefficient (Wildman–Crippen LogP) is 2.09. The van der Waals surface area contributed by atoms with Gasteiger partial charge >= 0.3 is 5.97 Å². The number of hydrogen-bond donors (Lipinski definition) is 1. The quantitative estimate of drug-likeness (QED) is 0.909. The van der Waals surface area contributed by atoms with Crippen molar-refractivity contribution >= 4 is 5.97 Å². The van der Waals surface area contributed by atoms with Gasteiger partial charge in [0.1, 0.15) is 11.3 Å². The Bertz CT molecular complexity index is 666. The van der Waals surface area contributed by atoms with Crippen molar-refractivity contribution in [3.8, 4) is 17.7 Å². The van der Waals surface area contributed by atoms with Crippen LogP contribution in [0.3, 0.4) is 0 Å². The van der Waals surface area contributed by atoms with Crippen molar-refractivity contribution in [2.24, 2.45) is 7.05 Å². The highest BCUT2D eigenvalue weighted by Gasteiger charge is 2.21. The van der Waals surface area contributed by atoms with Crippen molar-refractivity contribution in [1.82, 2.24) is 9.78 Å². The van der Waals surface area contributed by atoms with E-state index in [4.69, 9.17) is 15.1 Å². The van der Waals surface area contributed by atoms with Crippen molar-refractivity contribution in [3.63, 3.8) is 0 Å². The van der Waals surface area contributed by atoms with Crippen LogP contribution in [-0.2, 0) is 7.05 Å². The maximum absolute atomic E-state index is 11.2. The molecular formula is C13H11N3O3. The Morgan fingerprint density at radius 1 is 1.42 bits per heavy atom. The van der Waals surface area contributed by atoms with Gasteiger partial charge in [0.25, 0.3) is 0 Å². The van der Waals surface area contributed by atoms with Gasteiger partial charge in [0, 0.05) is 7.05 Å². The first-order valence-electron chi connectivity index (χ1n) is 5.48. The Morgan fingerprint density at radius 2 is 2.05 bits per heavy atom. The SMILES string of the molecule is Cc1nn(C)c(Oc2ccc(C#N)cc2)c1C(=O)O. The molecule has 19 heavy (non-hydrogen) atoms. The van der Waals surface area contributed by atoms with Crippen LogP contribution < -0.4 is 4.74 Å². The molecule has 2 aromatic rings. The van der Waals surface area contributed by atoms with E-state index < -0.39 is 5.97 Å². The Kier molecular flexibility index (Phi) is 3.21. The number of rotatable bonds is 3. The number of benzene rings is 1. The molecule has 0 spiro atoms. The molecule has 0 aliphatic rings. The number of carboxylic acid groups (broad SMARTS) is 1. The van der Waals surface area contributed by atoms with Crippen molar-refractivity contribution in [1.29, 1.82) is 5.26 Å². The maximum Gasteiger partial charge on any atom is 0.343 e. The Hall–Kier alpha value is -2.81. The number of hydrogen-bond acceptors (Lipinski definition) is 4. The van der Waals surface area contributed by atoms with Gasteiger partial charge in [-0.15, -0.1) is 0 Å². The Morgan fingerprint density at radius 3 is 2.58 bits per heavy atom. The lowest BCUT2D eigenvalue weighted by atomic mass is 10.2. The number of carboxylic acids is 1. The average molecular weight is 257 g/mol. The van der Waals surface area contributed by atoms with E-state index in [0.29, 0.717) is 17.0 Å². The summed E-state index contributed by atoms with van der Waals surface area (Å²) < 4.78 is 6.90. The Labute approximate surface area is 109 Å². The third kappa shape index (κ3) is 2.40. The lowest BCUT2D eigenvalue weighted by Gasteiger charge is -2.06. The predicted molar refractivity (Wildman–Crippen MR) is 66.1 cm³/mol. The molecule has 0 aliphatic heterocycles. The number of nitrogens with zero attached hydrogens (tertiary/aromatic N) is 3. The number of nitriles is 1. The average Bonchev–Trinajstić information content (AvgIpc) is 2.65. The minimum atomic E-state index is -1.09. The van der Waals surface area contributed by atoms with Crippen LogP contribution in [0.5, 0.6) is 11.6 Å². The maximum atomic E-state index is 11.2. The second-order valence-corrected chi connectivity index (χ2v) is 3.93. The summed E-state index contributed by atoms with van der Waals surface area (Å²) in [4.78, 5) is 11.2. The zero-order chi connectivity index (χ0) is 14.0. The molecule has 6 heteroatoms. The van der Waals surface area contributed by atoms with Gasteiger partial charge < -0.3 is 9.84 Å². The molecule has 0 saturated carbocycles. The molecule has 0 radical (unpaired) electrons. The molecule has 2 rings (SSSR count). The zero-order valence-corrected chi connectivity index (χ0v) is 10.4. The molecule has 1 N–H and O–H groups in total. The van der Waals surface area contributed by atoms with Crippen LogP contribution >= 0.6 is 0 Å². The monoisotopic (exact) mass is 257 g/mol. The first-order chi connectivity index (χ1) is 9.02. The molecule has 0 atom stereocenters. The second-order valence-electron chi connectivity index (χ2n) is 3.93. The van der Waals surface area contributed by atoms with Crippen molar-refractivity contribution in [2.75, 3.05) is 0 Å². The van der Waals surface area contributed by atoms with Crippen LogP contribution in [0.25, 0.3) is 0 Å². The van der Waals surface area contributed by atoms with Crippen LogP contribution in [0.4, 0.5) is 0 Å².